The van der Waals surface area contributed by atoms with Gasteiger partial charge in [-0.3, -0.25) is 10.1 Å². The molecule has 7 heteroatoms. The number of nitro groups is 1. The van der Waals surface area contributed by atoms with Gasteiger partial charge in [0.25, 0.3) is 5.69 Å². The van der Waals surface area contributed by atoms with Crippen molar-refractivity contribution in [1.82, 2.24) is 0 Å². The van der Waals surface area contributed by atoms with Crippen molar-refractivity contribution in [2.75, 3.05) is 0 Å². The fraction of sp³-hybridized carbons (Fsp3) is 0.0769. The Hall–Kier alpha value is -1.30. The number of aryl methyl sites for hydroxylation is 1. The quantitative estimate of drug-likeness (QED) is 0.505. The highest BCUT2D eigenvalue weighted by atomic mass is 79.9. The summed E-state index contributed by atoms with van der Waals surface area (Å²) in [6.45, 7) is 1.70. The van der Waals surface area contributed by atoms with Crippen LogP contribution in [0, 0.1) is 17.0 Å². The van der Waals surface area contributed by atoms with E-state index in [0.717, 1.165) is 4.47 Å². The van der Waals surface area contributed by atoms with Crippen LogP contribution in [0.4, 0.5) is 5.69 Å². The number of ether oxygens (including phenoxy) is 1. The normalized spacial score (nSPS) is 10.4. The molecule has 2 aromatic rings. The van der Waals surface area contributed by atoms with Crippen molar-refractivity contribution < 1.29 is 9.66 Å². The van der Waals surface area contributed by atoms with Crippen LogP contribution in [-0.4, -0.2) is 4.92 Å². The van der Waals surface area contributed by atoms with Crippen molar-refractivity contribution in [2.24, 2.45) is 0 Å². The van der Waals surface area contributed by atoms with Gasteiger partial charge in [0.05, 0.1) is 9.95 Å². The van der Waals surface area contributed by atoms with Crippen molar-refractivity contribution in [3.05, 3.63) is 60.5 Å². The molecule has 0 saturated heterocycles. The van der Waals surface area contributed by atoms with Crippen LogP contribution in [0.1, 0.15) is 5.56 Å². The Morgan fingerprint density at radius 3 is 2.50 bits per heavy atom. The Labute approximate surface area is 133 Å². The molecule has 0 aliphatic rings. The molecule has 20 heavy (non-hydrogen) atoms. The highest BCUT2D eigenvalue weighted by Gasteiger charge is 2.16. The predicted molar refractivity (Wildman–Crippen MR) is 82.1 cm³/mol. The second-order valence-electron chi connectivity index (χ2n) is 4.00. The van der Waals surface area contributed by atoms with Gasteiger partial charge in [-0.2, -0.15) is 0 Å². The Morgan fingerprint density at radius 1 is 1.15 bits per heavy atom. The van der Waals surface area contributed by atoms with Crippen LogP contribution in [0.5, 0.6) is 11.5 Å². The zero-order chi connectivity index (χ0) is 14.9. The van der Waals surface area contributed by atoms with Crippen molar-refractivity contribution in [3.8, 4) is 11.5 Å². The lowest BCUT2D eigenvalue weighted by Gasteiger charge is -2.11. The highest BCUT2D eigenvalue weighted by molar-refractivity contribution is 9.10. The lowest BCUT2D eigenvalue weighted by Crippen LogP contribution is -1.94. The summed E-state index contributed by atoms with van der Waals surface area (Å²) in [6.07, 6.45) is 0. The van der Waals surface area contributed by atoms with Gasteiger partial charge in [0.2, 0.25) is 0 Å². The van der Waals surface area contributed by atoms with Crippen molar-refractivity contribution in [2.45, 2.75) is 6.92 Å². The molecule has 4 nitrogen and oxygen atoms in total. The first-order valence-corrected chi connectivity index (χ1v) is 7.01. The Morgan fingerprint density at radius 2 is 1.85 bits per heavy atom. The van der Waals surface area contributed by atoms with Gasteiger partial charge >= 0.3 is 0 Å². The zero-order valence-corrected chi connectivity index (χ0v) is 13.3. The average Bonchev–Trinajstić information content (AvgIpc) is 2.37. The van der Waals surface area contributed by atoms with E-state index in [1.165, 1.54) is 12.1 Å². The topological polar surface area (TPSA) is 52.4 Å². The minimum absolute atomic E-state index is 0.0155. The number of halogens is 3. The highest BCUT2D eigenvalue weighted by Crippen LogP contribution is 2.37. The van der Waals surface area contributed by atoms with E-state index >= 15 is 0 Å². The summed E-state index contributed by atoms with van der Waals surface area (Å²) in [5.74, 6) is 0.856. The predicted octanol–water partition coefficient (Wildman–Crippen LogP) is 5.76. The van der Waals surface area contributed by atoms with Crippen LogP contribution in [0.3, 0.4) is 0 Å². The Bertz CT molecular complexity index is 692. The van der Waals surface area contributed by atoms with Gasteiger partial charge in [-0.05, 0) is 30.7 Å². The first kappa shape index (κ1) is 15.1. The summed E-state index contributed by atoms with van der Waals surface area (Å²) in [6, 6.07) is 7.95. The number of hydrogen-bond acceptors (Lipinski definition) is 3. The molecule has 0 spiro atoms. The number of rotatable bonds is 3. The van der Waals surface area contributed by atoms with Gasteiger partial charge in [-0.15, -0.1) is 0 Å². The van der Waals surface area contributed by atoms with E-state index in [0.29, 0.717) is 22.1 Å². The lowest BCUT2D eigenvalue weighted by molar-refractivity contribution is -0.384. The summed E-state index contributed by atoms with van der Waals surface area (Å²) >= 11 is 15.2. The molecular formula is C13H8BrCl2NO3. The monoisotopic (exact) mass is 375 g/mol. The molecule has 0 aliphatic heterocycles. The summed E-state index contributed by atoms with van der Waals surface area (Å²) in [5.41, 5.74) is 0.439. The lowest BCUT2D eigenvalue weighted by atomic mass is 10.2. The summed E-state index contributed by atoms with van der Waals surface area (Å²) in [7, 11) is 0. The Kier molecular flexibility index (Phi) is 4.52. The van der Waals surface area contributed by atoms with Gasteiger partial charge in [0.15, 0.2) is 0 Å². The van der Waals surface area contributed by atoms with E-state index in [1.54, 1.807) is 25.1 Å². The smallest absolute Gasteiger partial charge is 0.288 e. The van der Waals surface area contributed by atoms with Crippen LogP contribution in [0.25, 0.3) is 0 Å². The molecule has 0 atom stereocenters. The van der Waals surface area contributed by atoms with Gasteiger partial charge in [-0.25, -0.2) is 0 Å². The summed E-state index contributed by atoms with van der Waals surface area (Å²) in [5, 5.41) is 11.2. The average molecular weight is 377 g/mol. The minimum atomic E-state index is -0.537. The number of nitrogens with zero attached hydrogens (tertiary/aromatic N) is 1. The number of nitro benzene ring substituents is 1. The summed E-state index contributed by atoms with van der Waals surface area (Å²) < 4.78 is 6.48. The zero-order valence-electron chi connectivity index (χ0n) is 10.2. The third-order valence-electron chi connectivity index (χ3n) is 2.55. The molecule has 0 unspecified atom stereocenters. The van der Waals surface area contributed by atoms with Crippen molar-refractivity contribution in [1.29, 1.82) is 0 Å². The molecule has 0 bridgehead atoms. The second kappa shape index (κ2) is 5.99. The third kappa shape index (κ3) is 3.23. The minimum Gasteiger partial charge on any atom is -0.455 e. The molecular weight excluding hydrogens is 369 g/mol. The van der Waals surface area contributed by atoms with Crippen LogP contribution in [0.15, 0.2) is 34.8 Å². The standard InChI is InChI=1S/C13H8BrCl2NO3/c1-7-4-11(17(18)19)10(16)6-12(7)20-13-5-8(14)2-3-9(13)15/h2-6H,1H3. The van der Waals surface area contributed by atoms with Crippen LogP contribution < -0.4 is 4.74 Å². The van der Waals surface area contributed by atoms with Crippen LogP contribution in [-0.2, 0) is 0 Å². The van der Waals surface area contributed by atoms with E-state index in [4.69, 9.17) is 27.9 Å². The molecule has 0 aliphatic carbocycles. The maximum atomic E-state index is 10.8. The van der Waals surface area contributed by atoms with Crippen molar-refractivity contribution >= 4 is 44.8 Å². The van der Waals surface area contributed by atoms with Gasteiger partial charge in [0, 0.05) is 16.6 Å². The number of hydrogen-bond donors (Lipinski definition) is 0. The largest absolute Gasteiger partial charge is 0.455 e. The van der Waals surface area contributed by atoms with Crippen molar-refractivity contribution in [3.63, 3.8) is 0 Å². The molecule has 0 fully saturated rings. The SMILES string of the molecule is Cc1cc([N+](=O)[O-])c(Cl)cc1Oc1cc(Br)ccc1Cl. The second-order valence-corrected chi connectivity index (χ2v) is 5.73. The molecule has 104 valence electrons. The third-order valence-corrected chi connectivity index (χ3v) is 3.66. The molecule has 0 saturated carbocycles. The summed E-state index contributed by atoms with van der Waals surface area (Å²) in [4.78, 5) is 10.3. The fourth-order valence-electron chi connectivity index (χ4n) is 1.57. The molecule has 2 aromatic carbocycles. The first-order valence-electron chi connectivity index (χ1n) is 5.46. The molecule has 0 amide bonds. The van der Waals surface area contributed by atoms with Gasteiger partial charge in [-0.1, -0.05) is 39.1 Å². The van der Waals surface area contributed by atoms with Gasteiger partial charge in [0.1, 0.15) is 16.5 Å². The van der Waals surface area contributed by atoms with E-state index in [-0.39, 0.29) is 10.7 Å². The maximum absolute atomic E-state index is 10.8. The molecule has 0 aromatic heterocycles. The van der Waals surface area contributed by atoms with E-state index in [1.807, 2.05) is 0 Å². The molecule has 0 radical (unpaired) electrons. The number of benzene rings is 2. The maximum Gasteiger partial charge on any atom is 0.288 e. The molecule has 2 rings (SSSR count). The van der Waals surface area contributed by atoms with E-state index < -0.39 is 4.92 Å². The van der Waals surface area contributed by atoms with E-state index in [9.17, 15) is 10.1 Å². The first-order chi connectivity index (χ1) is 9.38. The van der Waals surface area contributed by atoms with Crippen LogP contribution >= 0.6 is 39.1 Å². The molecule has 0 heterocycles. The Balaban J connectivity index is 2.42. The van der Waals surface area contributed by atoms with Gasteiger partial charge < -0.3 is 4.74 Å². The van der Waals surface area contributed by atoms with E-state index in [2.05, 4.69) is 15.9 Å². The van der Waals surface area contributed by atoms with Crippen LogP contribution in [0.2, 0.25) is 10.0 Å². The molecule has 0 N–H and O–H groups in total. The fourth-order valence-corrected chi connectivity index (χ4v) is 2.29.